The molecule has 0 N–H and O–H groups in total. The first-order chi connectivity index (χ1) is 14.0. The number of hydrogen-bond acceptors (Lipinski definition) is 6. The van der Waals surface area contributed by atoms with Crippen molar-refractivity contribution in [3.8, 4) is 11.5 Å². The van der Waals surface area contributed by atoms with Gasteiger partial charge in [0.1, 0.15) is 18.0 Å². The van der Waals surface area contributed by atoms with Gasteiger partial charge in [-0.05, 0) is 36.2 Å². The first kappa shape index (κ1) is 20.6. The Morgan fingerprint density at radius 2 is 1.86 bits per heavy atom. The number of aromatic nitrogens is 1. The van der Waals surface area contributed by atoms with Crippen molar-refractivity contribution in [2.75, 3.05) is 21.3 Å². The molecular formula is C21H22N2O5S. The van der Waals surface area contributed by atoms with Gasteiger partial charge >= 0.3 is 5.97 Å². The Hall–Kier alpha value is -3.13. The third-order valence-corrected chi connectivity index (χ3v) is 5.55. The molecule has 0 spiro atoms. The zero-order chi connectivity index (χ0) is 21.0. The largest absolute Gasteiger partial charge is 0.497 e. The standard InChI is InChI=1S/C21H22N2O5S/c1-5-13-6-9-16-18(10-13)29-21(23(16)12-19(24)28-4)22-20(25)15-8-7-14(26-2)11-17(15)27-3/h6-11H,5,12H2,1-4H3. The van der Waals surface area contributed by atoms with Crippen LogP contribution < -0.4 is 14.3 Å². The van der Waals surface area contributed by atoms with E-state index in [9.17, 15) is 9.59 Å². The van der Waals surface area contributed by atoms with E-state index in [-0.39, 0.29) is 6.54 Å². The highest BCUT2D eigenvalue weighted by molar-refractivity contribution is 7.16. The van der Waals surface area contributed by atoms with Gasteiger partial charge in [-0.1, -0.05) is 24.3 Å². The maximum Gasteiger partial charge on any atom is 0.325 e. The molecule has 0 fully saturated rings. The van der Waals surface area contributed by atoms with Crippen LogP contribution in [0.2, 0.25) is 0 Å². The van der Waals surface area contributed by atoms with Crippen LogP contribution in [0.15, 0.2) is 41.4 Å². The fourth-order valence-corrected chi connectivity index (χ4v) is 3.98. The number of benzene rings is 2. The summed E-state index contributed by atoms with van der Waals surface area (Å²) >= 11 is 1.35. The summed E-state index contributed by atoms with van der Waals surface area (Å²) in [6.07, 6.45) is 0.888. The van der Waals surface area contributed by atoms with E-state index in [1.807, 2.05) is 18.2 Å². The lowest BCUT2D eigenvalue weighted by molar-refractivity contribution is -0.141. The van der Waals surface area contributed by atoms with Crippen LogP contribution in [0.5, 0.6) is 11.5 Å². The van der Waals surface area contributed by atoms with Crippen LogP contribution in [-0.2, 0) is 22.5 Å². The lowest BCUT2D eigenvalue weighted by Gasteiger charge is -2.07. The van der Waals surface area contributed by atoms with Crippen molar-refractivity contribution in [2.24, 2.45) is 4.99 Å². The Morgan fingerprint density at radius 3 is 2.52 bits per heavy atom. The molecule has 3 rings (SSSR count). The number of ether oxygens (including phenoxy) is 3. The second-order valence-corrected chi connectivity index (χ2v) is 7.19. The number of aryl methyl sites for hydroxylation is 1. The quantitative estimate of drug-likeness (QED) is 0.579. The third kappa shape index (κ3) is 4.32. The molecule has 0 bridgehead atoms. The number of carbonyl (C=O) groups is 2. The predicted molar refractivity (Wildman–Crippen MR) is 111 cm³/mol. The summed E-state index contributed by atoms with van der Waals surface area (Å²) in [4.78, 5) is 29.5. The summed E-state index contributed by atoms with van der Waals surface area (Å²) in [5.41, 5.74) is 2.30. The van der Waals surface area contributed by atoms with E-state index in [2.05, 4.69) is 11.9 Å². The molecule has 0 saturated carbocycles. The van der Waals surface area contributed by atoms with Crippen LogP contribution in [0.3, 0.4) is 0 Å². The van der Waals surface area contributed by atoms with Crippen LogP contribution >= 0.6 is 11.3 Å². The Balaban J connectivity index is 2.14. The van der Waals surface area contributed by atoms with Crippen molar-refractivity contribution in [1.29, 1.82) is 0 Å². The third-order valence-electron chi connectivity index (χ3n) is 4.51. The maximum atomic E-state index is 12.9. The Morgan fingerprint density at radius 1 is 1.07 bits per heavy atom. The van der Waals surface area contributed by atoms with Gasteiger partial charge in [-0.3, -0.25) is 9.59 Å². The Kier molecular flexibility index (Phi) is 6.33. The first-order valence-electron chi connectivity index (χ1n) is 9.00. The maximum absolute atomic E-state index is 12.9. The summed E-state index contributed by atoms with van der Waals surface area (Å²) in [6.45, 7) is 2.04. The van der Waals surface area contributed by atoms with Crippen molar-refractivity contribution in [1.82, 2.24) is 4.57 Å². The fourth-order valence-electron chi connectivity index (χ4n) is 2.89. The minimum atomic E-state index is -0.467. The lowest BCUT2D eigenvalue weighted by atomic mass is 10.2. The number of nitrogens with zero attached hydrogens (tertiary/aromatic N) is 2. The summed E-state index contributed by atoms with van der Waals surface area (Å²) in [5, 5.41) is 0. The highest BCUT2D eigenvalue weighted by Crippen LogP contribution is 2.25. The molecule has 29 heavy (non-hydrogen) atoms. The van der Waals surface area contributed by atoms with Gasteiger partial charge in [0.15, 0.2) is 4.80 Å². The second-order valence-electron chi connectivity index (χ2n) is 6.19. The Bertz CT molecular complexity index is 1130. The van der Waals surface area contributed by atoms with Crippen molar-refractivity contribution in [3.05, 3.63) is 52.3 Å². The highest BCUT2D eigenvalue weighted by atomic mass is 32.1. The molecule has 7 nitrogen and oxygen atoms in total. The number of thiazole rings is 1. The molecule has 0 unspecified atom stereocenters. The van der Waals surface area contributed by atoms with Gasteiger partial charge in [0.2, 0.25) is 0 Å². The minimum Gasteiger partial charge on any atom is -0.497 e. The van der Waals surface area contributed by atoms with E-state index in [0.717, 1.165) is 16.6 Å². The van der Waals surface area contributed by atoms with Crippen molar-refractivity contribution in [3.63, 3.8) is 0 Å². The molecule has 3 aromatic rings. The molecule has 1 aromatic heterocycles. The first-order valence-corrected chi connectivity index (χ1v) is 9.82. The van der Waals surface area contributed by atoms with Gasteiger partial charge < -0.3 is 18.8 Å². The van der Waals surface area contributed by atoms with Gasteiger partial charge in [-0.15, -0.1) is 0 Å². The van der Waals surface area contributed by atoms with Gasteiger partial charge in [0, 0.05) is 6.07 Å². The number of amides is 1. The van der Waals surface area contributed by atoms with E-state index >= 15 is 0 Å². The number of hydrogen-bond donors (Lipinski definition) is 0. The predicted octanol–water partition coefficient (Wildman–Crippen LogP) is 3.20. The number of fused-ring (bicyclic) bond motifs is 1. The number of esters is 1. The molecule has 0 radical (unpaired) electrons. The second kappa shape index (κ2) is 8.91. The van der Waals surface area contributed by atoms with Gasteiger partial charge in [0.25, 0.3) is 5.91 Å². The normalized spacial score (nSPS) is 11.5. The summed E-state index contributed by atoms with van der Waals surface area (Å²) < 4.78 is 17.9. The van der Waals surface area contributed by atoms with Crippen LogP contribution in [-0.4, -0.2) is 37.8 Å². The van der Waals surface area contributed by atoms with Crippen LogP contribution in [0, 0.1) is 0 Å². The van der Waals surface area contributed by atoms with Crippen molar-refractivity contribution >= 4 is 33.4 Å². The topological polar surface area (TPSA) is 79.1 Å². The van der Waals surface area contributed by atoms with E-state index in [0.29, 0.717) is 21.9 Å². The molecule has 0 saturated heterocycles. The SMILES string of the molecule is CCc1ccc2c(c1)sc(=NC(=O)c1ccc(OC)cc1OC)n2CC(=O)OC. The molecule has 152 valence electrons. The molecule has 0 aliphatic heterocycles. The zero-order valence-corrected chi connectivity index (χ0v) is 17.5. The van der Waals surface area contributed by atoms with Crippen LogP contribution in [0.25, 0.3) is 10.2 Å². The number of methoxy groups -OCH3 is 3. The van der Waals surface area contributed by atoms with E-state index in [4.69, 9.17) is 14.2 Å². The van der Waals surface area contributed by atoms with Gasteiger partial charge in [-0.2, -0.15) is 4.99 Å². The molecule has 0 aliphatic carbocycles. The van der Waals surface area contributed by atoms with E-state index in [1.54, 1.807) is 22.8 Å². The monoisotopic (exact) mass is 414 g/mol. The lowest BCUT2D eigenvalue weighted by Crippen LogP contribution is -2.22. The fraction of sp³-hybridized carbons (Fsp3) is 0.286. The molecule has 0 atom stereocenters. The zero-order valence-electron chi connectivity index (χ0n) is 16.7. The molecule has 8 heteroatoms. The average Bonchev–Trinajstić information content (AvgIpc) is 3.08. The highest BCUT2D eigenvalue weighted by Gasteiger charge is 2.16. The summed E-state index contributed by atoms with van der Waals surface area (Å²) in [5.74, 6) is 0.0608. The van der Waals surface area contributed by atoms with E-state index in [1.165, 1.54) is 38.2 Å². The minimum absolute atomic E-state index is 0.0339. The molecule has 1 amide bonds. The van der Waals surface area contributed by atoms with Crippen molar-refractivity contribution < 1.29 is 23.8 Å². The number of rotatable bonds is 6. The van der Waals surface area contributed by atoms with Crippen LogP contribution in [0.4, 0.5) is 0 Å². The van der Waals surface area contributed by atoms with Crippen molar-refractivity contribution in [2.45, 2.75) is 19.9 Å². The van der Waals surface area contributed by atoms with Gasteiger partial charge in [0.05, 0.1) is 37.1 Å². The summed E-state index contributed by atoms with van der Waals surface area (Å²) in [6, 6.07) is 10.9. The molecule has 1 heterocycles. The van der Waals surface area contributed by atoms with E-state index < -0.39 is 11.9 Å². The average molecular weight is 414 g/mol. The Labute approximate surface area is 172 Å². The van der Waals surface area contributed by atoms with Crippen LogP contribution in [0.1, 0.15) is 22.8 Å². The summed E-state index contributed by atoms with van der Waals surface area (Å²) in [7, 11) is 4.35. The molecule has 0 aliphatic rings. The molecular weight excluding hydrogens is 392 g/mol. The number of carbonyl (C=O) groups excluding carboxylic acids is 2. The molecule has 2 aromatic carbocycles. The smallest absolute Gasteiger partial charge is 0.325 e. The van der Waals surface area contributed by atoms with Gasteiger partial charge in [-0.25, -0.2) is 0 Å².